The van der Waals surface area contributed by atoms with Crippen molar-refractivity contribution in [3.63, 3.8) is 0 Å². The molecule has 8 heteroatoms. The van der Waals surface area contributed by atoms with Gasteiger partial charge in [-0.05, 0) is 26.0 Å². The van der Waals surface area contributed by atoms with Gasteiger partial charge in [-0.15, -0.1) is 0 Å². The second-order valence-corrected chi connectivity index (χ2v) is 4.37. The van der Waals surface area contributed by atoms with E-state index in [2.05, 4.69) is 0 Å². The Kier molecular flexibility index (Phi) is 4.07. The number of halogens is 4. The number of nitrogens with one attached hydrogen (secondary N) is 1. The van der Waals surface area contributed by atoms with Gasteiger partial charge in [0.25, 0.3) is 5.91 Å². The molecule has 0 aliphatic heterocycles. The third-order valence-corrected chi connectivity index (χ3v) is 2.72. The summed E-state index contributed by atoms with van der Waals surface area (Å²) in [6.07, 6.45) is -5.23. The Hall–Kier alpha value is -2.12. The summed E-state index contributed by atoms with van der Waals surface area (Å²) in [5.41, 5.74) is -3.71. The maximum absolute atomic E-state index is 13.4. The SMILES string of the molecule is Cc1ccc(F)c(C(=O)NC(C)(C(=O)O)C(F)(F)F)c1. The minimum absolute atomic E-state index is 0.293. The highest BCUT2D eigenvalue weighted by molar-refractivity contribution is 5.98. The third kappa shape index (κ3) is 2.89. The topological polar surface area (TPSA) is 66.4 Å². The van der Waals surface area contributed by atoms with Gasteiger partial charge in [-0.25, -0.2) is 9.18 Å². The molecule has 1 unspecified atom stereocenters. The van der Waals surface area contributed by atoms with E-state index in [1.54, 1.807) is 0 Å². The highest BCUT2D eigenvalue weighted by Crippen LogP contribution is 2.30. The number of aryl methyl sites for hydroxylation is 1. The second kappa shape index (κ2) is 5.10. The van der Waals surface area contributed by atoms with E-state index in [1.807, 2.05) is 0 Å². The van der Waals surface area contributed by atoms with Crippen molar-refractivity contribution >= 4 is 11.9 Å². The molecule has 0 aliphatic rings. The van der Waals surface area contributed by atoms with E-state index in [1.165, 1.54) is 18.3 Å². The number of carbonyl (C=O) groups is 2. The van der Waals surface area contributed by atoms with Crippen LogP contribution in [0.3, 0.4) is 0 Å². The van der Waals surface area contributed by atoms with Crippen molar-refractivity contribution in [2.45, 2.75) is 25.6 Å². The van der Waals surface area contributed by atoms with Crippen LogP contribution in [0.15, 0.2) is 18.2 Å². The summed E-state index contributed by atoms with van der Waals surface area (Å²) in [6.45, 7) is 1.80. The van der Waals surface area contributed by atoms with Crippen LogP contribution in [0.4, 0.5) is 17.6 Å². The molecule has 0 fully saturated rings. The molecule has 0 radical (unpaired) electrons. The summed E-state index contributed by atoms with van der Waals surface area (Å²) >= 11 is 0. The fourth-order valence-electron chi connectivity index (χ4n) is 1.35. The Morgan fingerprint density at radius 1 is 1.25 bits per heavy atom. The zero-order valence-electron chi connectivity index (χ0n) is 10.5. The third-order valence-electron chi connectivity index (χ3n) is 2.72. The van der Waals surface area contributed by atoms with Gasteiger partial charge in [0.1, 0.15) is 5.82 Å². The van der Waals surface area contributed by atoms with Gasteiger partial charge in [-0.3, -0.25) is 4.79 Å². The number of carboxylic acid groups (broad SMARTS) is 1. The van der Waals surface area contributed by atoms with Gasteiger partial charge in [0.15, 0.2) is 0 Å². The predicted molar refractivity (Wildman–Crippen MR) is 60.7 cm³/mol. The van der Waals surface area contributed by atoms with Gasteiger partial charge < -0.3 is 10.4 Å². The average molecular weight is 293 g/mol. The molecule has 0 aliphatic carbocycles. The molecule has 2 N–H and O–H groups in total. The predicted octanol–water partition coefficient (Wildman–Crippen LogP) is 2.27. The maximum Gasteiger partial charge on any atom is 0.422 e. The van der Waals surface area contributed by atoms with Gasteiger partial charge in [-0.1, -0.05) is 11.6 Å². The Balaban J connectivity index is 3.16. The van der Waals surface area contributed by atoms with Crippen LogP contribution in [0.2, 0.25) is 0 Å². The summed E-state index contributed by atoms with van der Waals surface area (Å²) in [5.74, 6) is -4.78. The lowest BCUT2D eigenvalue weighted by molar-refractivity contribution is -0.203. The molecule has 1 aromatic carbocycles. The quantitative estimate of drug-likeness (QED) is 0.840. The van der Waals surface area contributed by atoms with Gasteiger partial charge in [-0.2, -0.15) is 13.2 Å². The van der Waals surface area contributed by atoms with Crippen molar-refractivity contribution in [1.82, 2.24) is 5.32 Å². The molecule has 1 amide bonds. The van der Waals surface area contributed by atoms with Crippen molar-refractivity contribution in [2.75, 3.05) is 0 Å². The highest BCUT2D eigenvalue weighted by Gasteiger charge is 2.58. The maximum atomic E-state index is 13.4. The van der Waals surface area contributed by atoms with Crippen molar-refractivity contribution in [2.24, 2.45) is 0 Å². The lowest BCUT2D eigenvalue weighted by atomic mass is 10.0. The van der Waals surface area contributed by atoms with E-state index >= 15 is 0 Å². The first kappa shape index (κ1) is 15.9. The number of benzene rings is 1. The summed E-state index contributed by atoms with van der Waals surface area (Å²) in [4.78, 5) is 22.4. The molecule has 0 aromatic heterocycles. The first-order chi connectivity index (χ1) is 8.99. The minimum Gasteiger partial charge on any atom is -0.479 e. The molecule has 0 spiro atoms. The number of carboxylic acids is 1. The first-order valence-corrected chi connectivity index (χ1v) is 5.38. The monoisotopic (exact) mass is 293 g/mol. The number of rotatable bonds is 3. The number of carbonyl (C=O) groups excluding carboxylic acids is 1. The highest BCUT2D eigenvalue weighted by atomic mass is 19.4. The fourth-order valence-corrected chi connectivity index (χ4v) is 1.35. The number of amides is 1. The summed E-state index contributed by atoms with van der Waals surface area (Å²) in [5, 5.41) is 9.97. The Morgan fingerprint density at radius 2 is 1.80 bits per heavy atom. The van der Waals surface area contributed by atoms with Crippen molar-refractivity contribution in [3.8, 4) is 0 Å². The minimum atomic E-state index is -5.23. The largest absolute Gasteiger partial charge is 0.479 e. The van der Waals surface area contributed by atoms with Gasteiger partial charge in [0.2, 0.25) is 5.54 Å². The second-order valence-electron chi connectivity index (χ2n) is 4.37. The van der Waals surface area contributed by atoms with Crippen LogP contribution < -0.4 is 5.32 Å². The Bertz CT molecular complexity index is 556. The molecule has 20 heavy (non-hydrogen) atoms. The fraction of sp³-hybridized carbons (Fsp3) is 0.333. The van der Waals surface area contributed by atoms with Crippen LogP contribution in [0.5, 0.6) is 0 Å². The summed E-state index contributed by atoms with van der Waals surface area (Å²) < 4.78 is 51.6. The van der Waals surface area contributed by atoms with Crippen molar-refractivity contribution in [1.29, 1.82) is 0 Å². The number of hydrogen-bond donors (Lipinski definition) is 2. The molecule has 0 saturated heterocycles. The zero-order valence-corrected chi connectivity index (χ0v) is 10.5. The molecule has 1 atom stereocenters. The van der Waals surface area contributed by atoms with E-state index in [9.17, 15) is 27.2 Å². The molecule has 0 bridgehead atoms. The van der Waals surface area contributed by atoms with Crippen LogP contribution in [0.25, 0.3) is 0 Å². The van der Waals surface area contributed by atoms with E-state index in [-0.39, 0.29) is 0 Å². The zero-order chi connectivity index (χ0) is 15.7. The van der Waals surface area contributed by atoms with Gasteiger partial charge in [0.05, 0.1) is 5.56 Å². The first-order valence-electron chi connectivity index (χ1n) is 5.38. The van der Waals surface area contributed by atoms with Crippen LogP contribution in [0.1, 0.15) is 22.8 Å². The van der Waals surface area contributed by atoms with Crippen LogP contribution in [0, 0.1) is 12.7 Å². The van der Waals surface area contributed by atoms with E-state index in [0.29, 0.717) is 12.5 Å². The molecule has 110 valence electrons. The van der Waals surface area contributed by atoms with Gasteiger partial charge >= 0.3 is 12.1 Å². The van der Waals surface area contributed by atoms with Crippen LogP contribution in [-0.2, 0) is 4.79 Å². The van der Waals surface area contributed by atoms with Gasteiger partial charge in [0, 0.05) is 0 Å². The molecule has 0 saturated carbocycles. The smallest absolute Gasteiger partial charge is 0.422 e. The van der Waals surface area contributed by atoms with Crippen molar-refractivity contribution in [3.05, 3.63) is 35.1 Å². The molecular weight excluding hydrogens is 282 g/mol. The summed E-state index contributed by atoms with van der Waals surface area (Å²) in [7, 11) is 0. The number of aliphatic carboxylic acids is 1. The molecular formula is C12H11F4NO3. The Morgan fingerprint density at radius 3 is 2.25 bits per heavy atom. The molecule has 1 aromatic rings. The van der Waals surface area contributed by atoms with E-state index < -0.39 is 35.0 Å². The normalized spacial score (nSPS) is 14.5. The summed E-state index contributed by atoms with van der Waals surface area (Å²) in [6, 6.07) is 3.27. The average Bonchev–Trinajstić information content (AvgIpc) is 2.30. The van der Waals surface area contributed by atoms with E-state index in [0.717, 1.165) is 12.1 Å². The molecule has 1 rings (SSSR count). The van der Waals surface area contributed by atoms with E-state index in [4.69, 9.17) is 5.11 Å². The molecule has 0 heterocycles. The number of alkyl halides is 3. The molecule has 4 nitrogen and oxygen atoms in total. The van der Waals surface area contributed by atoms with Crippen molar-refractivity contribution < 1.29 is 32.3 Å². The lowest BCUT2D eigenvalue weighted by Crippen LogP contribution is -2.62. The Labute approximate surface area is 111 Å². The van der Waals surface area contributed by atoms with Crippen LogP contribution >= 0.6 is 0 Å². The lowest BCUT2D eigenvalue weighted by Gasteiger charge is -2.28. The number of hydrogen-bond acceptors (Lipinski definition) is 2. The standard InChI is InChI=1S/C12H11F4NO3/c1-6-3-4-8(13)7(5-6)9(18)17-11(2,10(19)20)12(14,15)16/h3-5H,1-2H3,(H,17,18)(H,19,20). The van der Waals surface area contributed by atoms with Crippen LogP contribution in [-0.4, -0.2) is 28.7 Å².